The van der Waals surface area contributed by atoms with Crippen LogP contribution < -0.4 is 10.5 Å². The average molecular weight is 314 g/mol. The first-order valence-electron chi connectivity index (χ1n) is 6.37. The molecule has 4 heteroatoms. The summed E-state index contributed by atoms with van der Waals surface area (Å²) in [6.07, 6.45) is 5.91. The van der Waals surface area contributed by atoms with Crippen LogP contribution in [0, 0.1) is 0 Å². The fraction of sp³-hybridized carbons (Fsp3) is 0.500. The van der Waals surface area contributed by atoms with Gasteiger partial charge in [-0.15, -0.1) is 0 Å². The molecule has 0 heterocycles. The van der Waals surface area contributed by atoms with E-state index in [1.165, 1.54) is 19.3 Å². The van der Waals surface area contributed by atoms with Crippen molar-refractivity contribution in [2.24, 2.45) is 5.73 Å². The molecule has 1 rings (SSSR count). The molecular weight excluding hydrogens is 294 g/mol. The number of amides is 1. The lowest BCUT2D eigenvalue weighted by atomic mass is 10.1. The minimum atomic E-state index is -0.461. The maximum absolute atomic E-state index is 11.3. The van der Waals surface area contributed by atoms with Crippen LogP contribution in [0.25, 0.3) is 0 Å². The first kappa shape index (κ1) is 15.0. The van der Waals surface area contributed by atoms with Crippen LogP contribution in [0.4, 0.5) is 0 Å². The van der Waals surface area contributed by atoms with Crippen molar-refractivity contribution in [2.45, 2.75) is 39.0 Å². The van der Waals surface area contributed by atoms with Gasteiger partial charge >= 0.3 is 0 Å². The molecule has 0 aliphatic rings. The van der Waals surface area contributed by atoms with Crippen molar-refractivity contribution in [3.63, 3.8) is 0 Å². The molecule has 100 valence electrons. The monoisotopic (exact) mass is 313 g/mol. The van der Waals surface area contributed by atoms with Gasteiger partial charge in [-0.05, 0) is 24.6 Å². The van der Waals surface area contributed by atoms with Gasteiger partial charge in [0.2, 0.25) is 0 Å². The maximum Gasteiger partial charge on any atom is 0.252 e. The number of unbranched alkanes of at least 4 members (excludes halogenated alkanes) is 4. The van der Waals surface area contributed by atoms with Gasteiger partial charge in [-0.3, -0.25) is 4.79 Å². The number of primary amides is 1. The third-order valence-electron chi connectivity index (χ3n) is 2.71. The molecule has 0 saturated carbocycles. The van der Waals surface area contributed by atoms with Gasteiger partial charge in [0.25, 0.3) is 5.91 Å². The largest absolute Gasteiger partial charge is 0.493 e. The summed E-state index contributed by atoms with van der Waals surface area (Å²) >= 11 is 3.31. The molecule has 0 aromatic heterocycles. The molecule has 0 atom stereocenters. The van der Waals surface area contributed by atoms with Crippen molar-refractivity contribution < 1.29 is 9.53 Å². The van der Waals surface area contributed by atoms with E-state index in [4.69, 9.17) is 10.5 Å². The van der Waals surface area contributed by atoms with Crippen LogP contribution in [0.3, 0.4) is 0 Å². The Morgan fingerprint density at radius 1 is 1.28 bits per heavy atom. The van der Waals surface area contributed by atoms with Crippen molar-refractivity contribution in [1.29, 1.82) is 0 Å². The quantitative estimate of drug-likeness (QED) is 0.740. The maximum atomic E-state index is 11.3. The molecule has 0 aliphatic carbocycles. The Labute approximate surface area is 117 Å². The van der Waals surface area contributed by atoms with Crippen LogP contribution in [0.15, 0.2) is 22.7 Å². The van der Waals surface area contributed by atoms with Gasteiger partial charge < -0.3 is 10.5 Å². The Morgan fingerprint density at radius 3 is 2.67 bits per heavy atom. The topological polar surface area (TPSA) is 52.3 Å². The first-order valence-corrected chi connectivity index (χ1v) is 7.16. The van der Waals surface area contributed by atoms with E-state index >= 15 is 0 Å². The second kappa shape index (κ2) is 8.14. The number of ether oxygens (including phenoxy) is 1. The van der Waals surface area contributed by atoms with Crippen molar-refractivity contribution in [1.82, 2.24) is 0 Å². The van der Waals surface area contributed by atoms with E-state index in [1.807, 2.05) is 6.07 Å². The summed E-state index contributed by atoms with van der Waals surface area (Å²) in [6.45, 7) is 2.82. The first-order chi connectivity index (χ1) is 8.65. The second-order valence-electron chi connectivity index (χ2n) is 4.27. The van der Waals surface area contributed by atoms with E-state index in [1.54, 1.807) is 12.1 Å². The van der Waals surface area contributed by atoms with E-state index in [9.17, 15) is 4.79 Å². The van der Waals surface area contributed by atoms with Gasteiger partial charge in [-0.2, -0.15) is 0 Å². The predicted molar refractivity (Wildman–Crippen MR) is 76.9 cm³/mol. The summed E-state index contributed by atoms with van der Waals surface area (Å²) in [4.78, 5) is 11.3. The van der Waals surface area contributed by atoms with E-state index in [-0.39, 0.29) is 0 Å². The zero-order valence-electron chi connectivity index (χ0n) is 10.7. The third kappa shape index (κ3) is 5.08. The number of nitrogens with two attached hydrogens (primary N) is 1. The molecule has 0 fully saturated rings. The van der Waals surface area contributed by atoms with E-state index in [2.05, 4.69) is 22.9 Å². The highest BCUT2D eigenvalue weighted by molar-refractivity contribution is 9.10. The predicted octanol–water partition coefficient (Wildman–Crippen LogP) is 3.90. The molecule has 0 bridgehead atoms. The number of benzene rings is 1. The highest BCUT2D eigenvalue weighted by Gasteiger charge is 2.09. The highest BCUT2D eigenvalue weighted by Crippen LogP contribution is 2.23. The smallest absolute Gasteiger partial charge is 0.252 e. The van der Waals surface area contributed by atoms with Gasteiger partial charge in [0.15, 0.2) is 0 Å². The number of carbonyl (C=O) groups excluding carboxylic acids is 1. The fourth-order valence-corrected chi connectivity index (χ4v) is 2.07. The zero-order chi connectivity index (χ0) is 13.4. The van der Waals surface area contributed by atoms with Crippen LogP contribution in [-0.2, 0) is 0 Å². The summed E-state index contributed by atoms with van der Waals surface area (Å²) in [6, 6.07) is 5.31. The zero-order valence-corrected chi connectivity index (χ0v) is 12.3. The molecule has 2 N–H and O–H groups in total. The Morgan fingerprint density at radius 2 is 2.00 bits per heavy atom. The third-order valence-corrected chi connectivity index (χ3v) is 3.21. The molecule has 0 aliphatic heterocycles. The van der Waals surface area contributed by atoms with Crippen LogP contribution in [0.1, 0.15) is 49.4 Å². The van der Waals surface area contributed by atoms with Crippen LogP contribution in [-0.4, -0.2) is 12.5 Å². The molecule has 0 radical (unpaired) electrons. The van der Waals surface area contributed by atoms with Gasteiger partial charge in [0.05, 0.1) is 12.2 Å². The second-order valence-corrected chi connectivity index (χ2v) is 5.18. The lowest BCUT2D eigenvalue weighted by Gasteiger charge is -2.09. The van der Waals surface area contributed by atoms with Crippen molar-refractivity contribution >= 4 is 21.8 Å². The van der Waals surface area contributed by atoms with E-state index < -0.39 is 5.91 Å². The number of hydrogen-bond acceptors (Lipinski definition) is 2. The summed E-state index contributed by atoms with van der Waals surface area (Å²) in [7, 11) is 0. The summed E-state index contributed by atoms with van der Waals surface area (Å²) in [5, 5.41) is 0. The molecule has 1 amide bonds. The van der Waals surface area contributed by atoms with Crippen molar-refractivity contribution in [3.8, 4) is 5.75 Å². The molecule has 1 aromatic rings. The minimum Gasteiger partial charge on any atom is -0.493 e. The molecular formula is C14H20BrNO2. The number of halogens is 1. The fourth-order valence-electron chi connectivity index (χ4n) is 1.71. The normalized spacial score (nSPS) is 10.3. The molecule has 3 nitrogen and oxygen atoms in total. The highest BCUT2D eigenvalue weighted by atomic mass is 79.9. The van der Waals surface area contributed by atoms with Crippen LogP contribution in [0.5, 0.6) is 5.75 Å². The lowest BCUT2D eigenvalue weighted by Crippen LogP contribution is -2.13. The van der Waals surface area contributed by atoms with E-state index in [0.29, 0.717) is 17.9 Å². The van der Waals surface area contributed by atoms with Crippen LogP contribution >= 0.6 is 15.9 Å². The van der Waals surface area contributed by atoms with Gasteiger partial charge in [0.1, 0.15) is 5.75 Å². The Bertz CT molecular complexity index is 393. The summed E-state index contributed by atoms with van der Waals surface area (Å²) < 4.78 is 6.44. The molecule has 18 heavy (non-hydrogen) atoms. The standard InChI is InChI=1S/C14H20BrNO2/c1-2-3-4-5-6-9-18-13-8-7-11(15)10-12(13)14(16)17/h7-8,10H,2-6,9H2,1H3,(H2,16,17). The summed E-state index contributed by atoms with van der Waals surface area (Å²) in [5.41, 5.74) is 5.74. The molecule has 0 spiro atoms. The Kier molecular flexibility index (Phi) is 6.80. The minimum absolute atomic E-state index is 0.429. The van der Waals surface area contributed by atoms with Crippen LogP contribution in [0.2, 0.25) is 0 Å². The Balaban J connectivity index is 2.44. The number of rotatable bonds is 8. The van der Waals surface area contributed by atoms with E-state index in [0.717, 1.165) is 17.3 Å². The van der Waals surface area contributed by atoms with Crippen molar-refractivity contribution in [2.75, 3.05) is 6.61 Å². The number of hydrogen-bond donors (Lipinski definition) is 1. The molecule has 0 unspecified atom stereocenters. The lowest BCUT2D eigenvalue weighted by molar-refractivity contribution is 0.0996. The molecule has 1 aromatic carbocycles. The Hall–Kier alpha value is -1.03. The molecule has 0 saturated heterocycles. The SMILES string of the molecule is CCCCCCCOc1ccc(Br)cc1C(N)=O. The van der Waals surface area contributed by atoms with Gasteiger partial charge in [0, 0.05) is 4.47 Å². The van der Waals surface area contributed by atoms with Gasteiger partial charge in [-0.1, -0.05) is 48.5 Å². The number of carbonyl (C=O) groups is 1. The van der Waals surface area contributed by atoms with Gasteiger partial charge in [-0.25, -0.2) is 0 Å². The average Bonchev–Trinajstić information content (AvgIpc) is 2.35. The summed E-state index contributed by atoms with van der Waals surface area (Å²) in [5.74, 6) is 0.110. The van der Waals surface area contributed by atoms with Crippen molar-refractivity contribution in [3.05, 3.63) is 28.2 Å².